The van der Waals surface area contributed by atoms with Gasteiger partial charge in [-0.05, 0) is 43.6 Å². The van der Waals surface area contributed by atoms with E-state index in [1.165, 1.54) is 0 Å². The molecule has 142 valence electrons. The highest BCUT2D eigenvalue weighted by molar-refractivity contribution is 5.27. The van der Waals surface area contributed by atoms with E-state index >= 15 is 0 Å². The third-order valence-corrected chi connectivity index (χ3v) is 6.50. The molecule has 0 aromatic carbocycles. The maximum Gasteiger partial charge on any atom is 0.447 e. The second-order valence-corrected chi connectivity index (χ2v) is 7.82. The SMILES string of the molecule is C=C1C2CC[C@@H](C)C3CC[C@]4(C)OO[C@@]23[C@@H](O4)O[C@@]1(OC)C(F)(F)F. The van der Waals surface area contributed by atoms with Gasteiger partial charge in [-0.25, -0.2) is 9.78 Å². The minimum atomic E-state index is -4.78. The monoisotopic (exact) mass is 364 g/mol. The van der Waals surface area contributed by atoms with Crippen LogP contribution in [0.25, 0.3) is 0 Å². The standard InChI is InChI=1S/C17H23F3O5/c1-9-5-6-12-10(2)16(21-4,17(18,19)20)23-13-15(12)11(9)7-8-14(3,22-13)24-25-15/h9,11-13H,2,5-8H2,1,3-4H3/t9-,11?,12?,13+,14+,15-,16-/m1/s1. The Labute approximate surface area is 144 Å². The van der Waals surface area contributed by atoms with Crippen LogP contribution in [0.4, 0.5) is 13.2 Å². The van der Waals surface area contributed by atoms with Gasteiger partial charge in [0.05, 0.1) is 0 Å². The number of alkyl halides is 3. The smallest absolute Gasteiger partial charge is 0.342 e. The molecule has 5 fully saturated rings. The minimum Gasteiger partial charge on any atom is -0.342 e. The highest BCUT2D eigenvalue weighted by atomic mass is 19.4. The van der Waals surface area contributed by atoms with Gasteiger partial charge in [0.25, 0.3) is 5.79 Å². The summed E-state index contributed by atoms with van der Waals surface area (Å²) in [5, 5.41) is 0. The molecule has 0 N–H and O–H groups in total. The van der Waals surface area contributed by atoms with Gasteiger partial charge in [0.1, 0.15) is 0 Å². The highest BCUT2D eigenvalue weighted by Gasteiger charge is 2.76. The lowest BCUT2D eigenvalue weighted by Crippen LogP contribution is -2.73. The van der Waals surface area contributed by atoms with Crippen LogP contribution in [0.5, 0.6) is 0 Å². The molecule has 8 heteroatoms. The molecular formula is C17H23F3O5. The molecule has 4 heterocycles. The van der Waals surface area contributed by atoms with Crippen molar-refractivity contribution in [1.29, 1.82) is 0 Å². The third-order valence-electron chi connectivity index (χ3n) is 6.50. The predicted molar refractivity (Wildman–Crippen MR) is 78.8 cm³/mol. The summed E-state index contributed by atoms with van der Waals surface area (Å²) in [5.41, 5.74) is -1.30. The molecular weight excluding hydrogens is 341 g/mol. The number of hydrogen-bond acceptors (Lipinski definition) is 5. The van der Waals surface area contributed by atoms with Gasteiger partial charge in [0.15, 0.2) is 11.9 Å². The van der Waals surface area contributed by atoms with Gasteiger partial charge in [0, 0.05) is 19.4 Å². The van der Waals surface area contributed by atoms with Crippen molar-refractivity contribution < 1.29 is 37.2 Å². The number of halogens is 3. The molecule has 1 saturated carbocycles. The van der Waals surface area contributed by atoms with Crippen LogP contribution in [0.2, 0.25) is 0 Å². The number of fused-ring (bicyclic) bond motifs is 2. The second kappa shape index (κ2) is 5.19. The fraction of sp³-hybridized carbons (Fsp3) is 0.882. The van der Waals surface area contributed by atoms with E-state index in [4.69, 9.17) is 24.0 Å². The first-order valence-corrected chi connectivity index (χ1v) is 8.63. The lowest BCUT2D eigenvalue weighted by molar-refractivity contribution is -0.582. The zero-order chi connectivity index (χ0) is 18.3. The van der Waals surface area contributed by atoms with Crippen molar-refractivity contribution in [2.75, 3.05) is 7.11 Å². The van der Waals surface area contributed by atoms with Crippen molar-refractivity contribution in [2.24, 2.45) is 17.8 Å². The van der Waals surface area contributed by atoms with E-state index in [9.17, 15) is 13.2 Å². The quantitative estimate of drug-likeness (QED) is 0.525. The first-order chi connectivity index (χ1) is 11.6. The van der Waals surface area contributed by atoms with E-state index in [1.807, 2.05) is 0 Å². The van der Waals surface area contributed by atoms with Crippen LogP contribution in [0.3, 0.4) is 0 Å². The van der Waals surface area contributed by atoms with E-state index in [0.717, 1.165) is 20.0 Å². The van der Waals surface area contributed by atoms with Crippen LogP contribution in [0.1, 0.15) is 39.5 Å². The van der Waals surface area contributed by atoms with Crippen LogP contribution in [-0.4, -0.2) is 36.8 Å². The fourth-order valence-electron chi connectivity index (χ4n) is 5.15. The van der Waals surface area contributed by atoms with E-state index in [0.29, 0.717) is 12.8 Å². The Bertz CT molecular complexity index is 595. The lowest BCUT2D eigenvalue weighted by atomic mass is 9.58. The van der Waals surface area contributed by atoms with Crippen molar-refractivity contribution in [3.63, 3.8) is 0 Å². The van der Waals surface area contributed by atoms with Gasteiger partial charge >= 0.3 is 6.18 Å². The predicted octanol–water partition coefficient (Wildman–Crippen LogP) is 3.69. The van der Waals surface area contributed by atoms with E-state index < -0.39 is 35.6 Å². The van der Waals surface area contributed by atoms with Crippen LogP contribution in [-0.2, 0) is 24.0 Å². The van der Waals surface area contributed by atoms with Gasteiger partial charge in [-0.15, -0.1) is 0 Å². The molecule has 0 aromatic rings. The summed E-state index contributed by atoms with van der Waals surface area (Å²) in [6.07, 6.45) is -3.50. The topological polar surface area (TPSA) is 46.2 Å². The molecule has 5 rings (SSSR count). The maximum atomic E-state index is 13.9. The Balaban J connectivity index is 1.87. The molecule has 25 heavy (non-hydrogen) atoms. The molecule has 4 saturated heterocycles. The van der Waals surface area contributed by atoms with Gasteiger partial charge in [-0.2, -0.15) is 13.2 Å². The normalized spacial score (nSPS) is 52.6. The second-order valence-electron chi connectivity index (χ2n) is 7.82. The summed E-state index contributed by atoms with van der Waals surface area (Å²) in [5.74, 6) is -4.45. The fourth-order valence-corrected chi connectivity index (χ4v) is 5.15. The first-order valence-electron chi connectivity index (χ1n) is 8.63. The summed E-state index contributed by atoms with van der Waals surface area (Å²) >= 11 is 0. The maximum absolute atomic E-state index is 13.9. The van der Waals surface area contributed by atoms with Crippen molar-refractivity contribution in [3.8, 4) is 0 Å². The Kier molecular flexibility index (Phi) is 3.68. The molecule has 4 aliphatic heterocycles. The molecule has 1 aliphatic carbocycles. The number of methoxy groups -OCH3 is 1. The van der Waals surface area contributed by atoms with Crippen molar-refractivity contribution in [2.45, 2.75) is 69.2 Å². The number of hydrogen-bond donors (Lipinski definition) is 0. The molecule has 0 amide bonds. The van der Waals surface area contributed by atoms with Crippen LogP contribution in [0.15, 0.2) is 12.2 Å². The van der Waals surface area contributed by atoms with Crippen LogP contribution in [0, 0.1) is 17.8 Å². The van der Waals surface area contributed by atoms with Gasteiger partial charge < -0.3 is 14.2 Å². The molecule has 0 radical (unpaired) electrons. The molecule has 0 aromatic heterocycles. The molecule has 2 unspecified atom stereocenters. The summed E-state index contributed by atoms with van der Waals surface area (Å²) in [6.45, 7) is 7.48. The van der Waals surface area contributed by atoms with Gasteiger partial charge in [0.2, 0.25) is 5.79 Å². The molecule has 5 aliphatic rings. The van der Waals surface area contributed by atoms with Crippen LogP contribution >= 0.6 is 0 Å². The average molecular weight is 364 g/mol. The third kappa shape index (κ3) is 2.09. The molecule has 2 bridgehead atoms. The Hall–Kier alpha value is -0.670. The average Bonchev–Trinajstić information content (AvgIpc) is 2.76. The Morgan fingerprint density at radius 1 is 1.16 bits per heavy atom. The number of rotatable bonds is 1. The summed E-state index contributed by atoms with van der Waals surface area (Å²) in [6, 6.07) is 0. The Morgan fingerprint density at radius 2 is 1.88 bits per heavy atom. The van der Waals surface area contributed by atoms with Crippen molar-refractivity contribution in [1.82, 2.24) is 0 Å². The van der Waals surface area contributed by atoms with Crippen molar-refractivity contribution >= 4 is 0 Å². The van der Waals surface area contributed by atoms with E-state index in [1.54, 1.807) is 6.92 Å². The summed E-state index contributed by atoms with van der Waals surface area (Å²) in [7, 11) is 0.980. The first kappa shape index (κ1) is 17.7. The van der Waals surface area contributed by atoms with Gasteiger partial charge in [-0.1, -0.05) is 13.5 Å². The zero-order valence-electron chi connectivity index (χ0n) is 14.5. The lowest BCUT2D eigenvalue weighted by Gasteiger charge is -2.61. The minimum absolute atomic E-state index is 0.0413. The van der Waals surface area contributed by atoms with Crippen molar-refractivity contribution in [3.05, 3.63) is 12.2 Å². The van der Waals surface area contributed by atoms with E-state index in [-0.39, 0.29) is 17.4 Å². The van der Waals surface area contributed by atoms with Crippen LogP contribution < -0.4 is 0 Å². The summed E-state index contributed by atoms with van der Waals surface area (Å²) < 4.78 is 58.0. The van der Waals surface area contributed by atoms with Gasteiger partial charge in [-0.3, -0.25) is 0 Å². The molecule has 1 spiro atoms. The molecule has 7 atom stereocenters. The van der Waals surface area contributed by atoms with E-state index in [2.05, 4.69) is 13.5 Å². The molecule has 5 nitrogen and oxygen atoms in total. The number of ether oxygens (including phenoxy) is 3. The summed E-state index contributed by atoms with van der Waals surface area (Å²) in [4.78, 5) is 11.3. The highest BCUT2D eigenvalue weighted by Crippen LogP contribution is 2.63. The Morgan fingerprint density at radius 3 is 2.52 bits per heavy atom. The zero-order valence-corrected chi connectivity index (χ0v) is 14.5. The largest absolute Gasteiger partial charge is 0.447 e.